The monoisotopic (exact) mass is 513 g/mol. The Kier molecular flexibility index (Phi) is 11.4. The highest BCUT2D eigenvalue weighted by atomic mass is 35.5. The van der Waals surface area contributed by atoms with Gasteiger partial charge in [-0.2, -0.15) is 0 Å². The molecule has 0 saturated carbocycles. The van der Waals surface area contributed by atoms with Crippen molar-refractivity contribution in [2.24, 2.45) is 5.92 Å². The number of anilines is 1. The molecule has 9 heteroatoms. The third-order valence-electron chi connectivity index (χ3n) is 6.28. The second kappa shape index (κ2) is 13.7. The lowest BCUT2D eigenvalue weighted by Gasteiger charge is -2.32. The number of piperidine rings is 1. The fourth-order valence-corrected chi connectivity index (χ4v) is 4.29. The van der Waals surface area contributed by atoms with E-state index in [-0.39, 0.29) is 30.2 Å². The molecule has 3 rings (SSSR count). The molecular formula is C25H34Cl2FN3O3. The van der Waals surface area contributed by atoms with E-state index in [0.29, 0.717) is 40.9 Å². The number of carbonyl (C=O) groups excluding carboxylic acids is 1. The highest BCUT2D eigenvalue weighted by molar-refractivity contribution is 6.33. The number of carbonyl (C=O) groups is 1. The van der Waals surface area contributed by atoms with Crippen molar-refractivity contribution >= 4 is 35.6 Å². The Morgan fingerprint density at radius 1 is 1.26 bits per heavy atom. The van der Waals surface area contributed by atoms with Gasteiger partial charge in [0.05, 0.1) is 29.5 Å². The predicted molar refractivity (Wildman–Crippen MR) is 137 cm³/mol. The van der Waals surface area contributed by atoms with Crippen molar-refractivity contribution in [3.05, 3.63) is 58.4 Å². The summed E-state index contributed by atoms with van der Waals surface area (Å²) in [4.78, 5) is 15.0. The number of halogens is 3. The third kappa shape index (κ3) is 8.31. The number of hydrogen-bond acceptors (Lipinski definition) is 5. The van der Waals surface area contributed by atoms with Crippen molar-refractivity contribution in [1.82, 2.24) is 10.2 Å². The summed E-state index contributed by atoms with van der Waals surface area (Å²) < 4.78 is 18.2. The zero-order valence-corrected chi connectivity index (χ0v) is 21.0. The molecule has 1 atom stereocenters. The standard InChI is InChI=1S/C25H33ClFN3O3.ClH/c1-33-24-15-23(28)22(26)14-21(24)25(32)29-16-18-8-11-30(12-9-18)13-10-20(31)7-4-17-2-5-19(27)6-3-17;/h2-3,5-6,14-15,18,20,31H,4,7-13,16,28H2,1H3,(H,29,32);1H. The zero-order chi connectivity index (χ0) is 23.8. The van der Waals surface area contributed by atoms with Crippen LogP contribution in [0, 0.1) is 11.7 Å². The van der Waals surface area contributed by atoms with E-state index in [0.717, 1.165) is 50.9 Å². The van der Waals surface area contributed by atoms with E-state index in [4.69, 9.17) is 22.1 Å². The van der Waals surface area contributed by atoms with Gasteiger partial charge in [0.15, 0.2) is 0 Å². The van der Waals surface area contributed by atoms with Crippen LogP contribution in [-0.2, 0) is 6.42 Å². The van der Waals surface area contributed by atoms with Crippen LogP contribution in [0.25, 0.3) is 0 Å². The average molecular weight is 514 g/mol. The van der Waals surface area contributed by atoms with Crippen molar-refractivity contribution in [2.45, 2.75) is 38.2 Å². The Hall–Kier alpha value is -2.06. The first kappa shape index (κ1) is 28.2. The fourth-order valence-electron chi connectivity index (χ4n) is 4.12. The summed E-state index contributed by atoms with van der Waals surface area (Å²) in [7, 11) is 1.49. The molecule has 1 amide bonds. The lowest BCUT2D eigenvalue weighted by Crippen LogP contribution is -2.39. The number of nitrogens with zero attached hydrogens (tertiary/aromatic N) is 1. The molecule has 4 N–H and O–H groups in total. The number of methoxy groups -OCH3 is 1. The summed E-state index contributed by atoms with van der Waals surface area (Å²) in [5.74, 6) is 0.350. The van der Waals surface area contributed by atoms with Crippen LogP contribution >= 0.6 is 24.0 Å². The minimum absolute atomic E-state index is 0. The maximum Gasteiger partial charge on any atom is 0.255 e. The van der Waals surface area contributed by atoms with Crippen LogP contribution in [0.2, 0.25) is 5.02 Å². The third-order valence-corrected chi connectivity index (χ3v) is 6.61. The van der Waals surface area contributed by atoms with Gasteiger partial charge in [-0.05, 0) is 74.9 Å². The number of nitrogens with one attached hydrogen (secondary N) is 1. The maximum atomic E-state index is 13.0. The van der Waals surface area contributed by atoms with E-state index >= 15 is 0 Å². The maximum absolute atomic E-state index is 13.0. The van der Waals surface area contributed by atoms with Crippen LogP contribution in [0.3, 0.4) is 0 Å². The molecule has 1 aliphatic rings. The smallest absolute Gasteiger partial charge is 0.255 e. The minimum atomic E-state index is -0.367. The first-order valence-electron chi connectivity index (χ1n) is 11.4. The van der Waals surface area contributed by atoms with Gasteiger partial charge in [-0.1, -0.05) is 23.7 Å². The van der Waals surface area contributed by atoms with Crippen molar-refractivity contribution in [2.75, 3.05) is 39.0 Å². The molecule has 0 spiro atoms. The second-order valence-corrected chi connectivity index (χ2v) is 9.08. The molecule has 34 heavy (non-hydrogen) atoms. The number of rotatable bonds is 10. The Morgan fingerprint density at radius 2 is 1.94 bits per heavy atom. The quantitative estimate of drug-likeness (QED) is 0.411. The number of aliphatic hydroxyl groups is 1. The molecule has 0 bridgehead atoms. The number of nitrogen functional groups attached to an aromatic ring is 1. The Labute approximate surface area is 212 Å². The summed E-state index contributed by atoms with van der Waals surface area (Å²) in [5.41, 5.74) is 7.57. The van der Waals surface area contributed by atoms with Gasteiger partial charge in [-0.3, -0.25) is 4.79 Å². The van der Waals surface area contributed by atoms with Gasteiger partial charge in [0.25, 0.3) is 5.91 Å². The van der Waals surface area contributed by atoms with Gasteiger partial charge in [-0.15, -0.1) is 12.4 Å². The zero-order valence-electron chi connectivity index (χ0n) is 19.4. The first-order chi connectivity index (χ1) is 15.9. The average Bonchev–Trinajstić information content (AvgIpc) is 2.82. The Balaban J connectivity index is 0.00000408. The van der Waals surface area contributed by atoms with Gasteiger partial charge in [0.1, 0.15) is 11.6 Å². The summed E-state index contributed by atoms with van der Waals surface area (Å²) in [6.45, 7) is 3.34. The van der Waals surface area contributed by atoms with Crippen LogP contribution in [0.5, 0.6) is 5.75 Å². The molecule has 6 nitrogen and oxygen atoms in total. The van der Waals surface area contributed by atoms with Crippen molar-refractivity contribution in [1.29, 1.82) is 0 Å². The second-order valence-electron chi connectivity index (χ2n) is 8.68. The van der Waals surface area contributed by atoms with Crippen LogP contribution < -0.4 is 15.8 Å². The molecule has 0 aromatic heterocycles. The lowest BCUT2D eigenvalue weighted by molar-refractivity contribution is 0.0923. The number of hydrogen-bond donors (Lipinski definition) is 3. The molecule has 1 unspecified atom stereocenters. The number of nitrogens with two attached hydrogens (primary N) is 1. The van der Waals surface area contributed by atoms with Crippen LogP contribution in [0.1, 0.15) is 41.6 Å². The van der Waals surface area contributed by atoms with Crippen LogP contribution in [0.4, 0.5) is 10.1 Å². The van der Waals surface area contributed by atoms with Gasteiger partial charge < -0.3 is 25.8 Å². The van der Waals surface area contributed by atoms with E-state index in [1.54, 1.807) is 18.2 Å². The van der Waals surface area contributed by atoms with Crippen molar-refractivity contribution in [3.63, 3.8) is 0 Å². The van der Waals surface area contributed by atoms with E-state index in [9.17, 15) is 14.3 Å². The minimum Gasteiger partial charge on any atom is -0.496 e. The van der Waals surface area contributed by atoms with E-state index in [1.165, 1.54) is 25.3 Å². The number of amides is 1. The molecule has 2 aromatic rings. The van der Waals surface area contributed by atoms with Gasteiger partial charge >= 0.3 is 0 Å². The highest BCUT2D eigenvalue weighted by Gasteiger charge is 2.21. The molecule has 1 aliphatic heterocycles. The predicted octanol–water partition coefficient (Wildman–Crippen LogP) is 4.32. The van der Waals surface area contributed by atoms with Crippen LogP contribution in [-0.4, -0.2) is 55.3 Å². The topological polar surface area (TPSA) is 87.8 Å². The number of benzene rings is 2. The molecule has 0 radical (unpaired) electrons. The summed E-state index contributed by atoms with van der Waals surface area (Å²) in [6, 6.07) is 9.54. The molecule has 2 aromatic carbocycles. The summed E-state index contributed by atoms with van der Waals surface area (Å²) in [5, 5.41) is 13.6. The molecule has 1 saturated heterocycles. The van der Waals surface area contributed by atoms with E-state index < -0.39 is 0 Å². The number of aryl methyl sites for hydroxylation is 1. The molecule has 1 fully saturated rings. The normalized spacial score (nSPS) is 15.4. The summed E-state index contributed by atoms with van der Waals surface area (Å²) >= 11 is 6.06. The van der Waals surface area contributed by atoms with E-state index in [1.807, 2.05) is 0 Å². The molecule has 188 valence electrons. The van der Waals surface area contributed by atoms with Crippen molar-refractivity contribution < 1.29 is 19.0 Å². The molecule has 1 heterocycles. The van der Waals surface area contributed by atoms with Gasteiger partial charge in [-0.25, -0.2) is 4.39 Å². The molecule has 0 aliphatic carbocycles. The lowest BCUT2D eigenvalue weighted by atomic mass is 9.96. The number of aliphatic hydroxyl groups excluding tert-OH is 1. The first-order valence-corrected chi connectivity index (χ1v) is 11.8. The van der Waals surface area contributed by atoms with Gasteiger partial charge in [0.2, 0.25) is 0 Å². The Morgan fingerprint density at radius 3 is 2.59 bits per heavy atom. The largest absolute Gasteiger partial charge is 0.496 e. The highest BCUT2D eigenvalue weighted by Crippen LogP contribution is 2.29. The van der Waals surface area contributed by atoms with Crippen LogP contribution in [0.15, 0.2) is 36.4 Å². The van der Waals surface area contributed by atoms with Gasteiger partial charge in [0, 0.05) is 19.2 Å². The summed E-state index contributed by atoms with van der Waals surface area (Å²) in [6.07, 6.45) is 3.76. The fraction of sp³-hybridized carbons (Fsp3) is 0.480. The number of ether oxygens (including phenoxy) is 1. The van der Waals surface area contributed by atoms with Crippen molar-refractivity contribution in [3.8, 4) is 5.75 Å². The number of likely N-dealkylation sites (tertiary alicyclic amines) is 1. The molecular weight excluding hydrogens is 480 g/mol. The SMILES string of the molecule is COc1cc(N)c(Cl)cc1C(=O)NCC1CCN(CCC(O)CCc2ccc(F)cc2)CC1.Cl. The van der Waals surface area contributed by atoms with E-state index in [2.05, 4.69) is 10.2 Å². The Bertz CT molecular complexity index is 922.